The van der Waals surface area contributed by atoms with E-state index in [0.29, 0.717) is 24.8 Å². The molecule has 0 amide bonds. The summed E-state index contributed by atoms with van der Waals surface area (Å²) in [6, 6.07) is 2.99. The Balaban J connectivity index is 1.86. The van der Waals surface area contributed by atoms with Crippen LogP contribution in [0.4, 0.5) is 0 Å². The lowest BCUT2D eigenvalue weighted by Crippen LogP contribution is -2.30. The van der Waals surface area contributed by atoms with Crippen molar-refractivity contribution in [2.75, 3.05) is 26.8 Å². The molecule has 0 atom stereocenters. The van der Waals surface area contributed by atoms with E-state index in [2.05, 4.69) is 0 Å². The Hall–Kier alpha value is -0.560. The molecule has 0 saturated heterocycles. The fourth-order valence-electron chi connectivity index (χ4n) is 1.57. The average molecular weight is 308 g/mol. The molecule has 1 saturated carbocycles. The van der Waals surface area contributed by atoms with E-state index in [1.54, 1.807) is 6.07 Å². The van der Waals surface area contributed by atoms with Crippen LogP contribution in [0.3, 0.4) is 0 Å². The van der Waals surface area contributed by atoms with Gasteiger partial charge in [0.1, 0.15) is 5.76 Å². The molecule has 5 nitrogen and oxygen atoms in total. The predicted octanol–water partition coefficient (Wildman–Crippen LogP) is 2.07. The van der Waals surface area contributed by atoms with Gasteiger partial charge in [0.05, 0.1) is 12.5 Å². The van der Waals surface area contributed by atoms with Gasteiger partial charge < -0.3 is 9.15 Å². The molecule has 1 aromatic heterocycles. The molecule has 0 unspecified atom stereocenters. The number of hydrogen-bond donors (Lipinski definition) is 0. The minimum atomic E-state index is -3.59. The number of ether oxygens (including phenoxy) is 1. The van der Waals surface area contributed by atoms with Gasteiger partial charge in [-0.3, -0.25) is 0 Å². The Morgan fingerprint density at radius 1 is 1.47 bits per heavy atom. The van der Waals surface area contributed by atoms with E-state index >= 15 is 0 Å². The molecule has 0 spiro atoms. The lowest BCUT2D eigenvalue weighted by molar-refractivity contribution is 0.117. The summed E-state index contributed by atoms with van der Waals surface area (Å²) < 4.78 is 36.1. The van der Waals surface area contributed by atoms with Crippen LogP contribution in [0.2, 0.25) is 0 Å². The van der Waals surface area contributed by atoms with Crippen LogP contribution in [0.5, 0.6) is 0 Å². The summed E-state index contributed by atoms with van der Waals surface area (Å²) in [6.45, 7) is 1.44. The maximum absolute atomic E-state index is 12.1. The zero-order chi connectivity index (χ0) is 13.9. The molecule has 0 bridgehead atoms. The van der Waals surface area contributed by atoms with Crippen molar-refractivity contribution in [2.24, 2.45) is 5.92 Å². The Bertz CT molecular complexity index is 510. The topological polar surface area (TPSA) is 59.8 Å². The van der Waals surface area contributed by atoms with Crippen molar-refractivity contribution in [3.05, 3.63) is 17.9 Å². The Kier molecular flexibility index (Phi) is 4.89. The van der Waals surface area contributed by atoms with Crippen molar-refractivity contribution in [2.45, 2.75) is 23.8 Å². The Morgan fingerprint density at radius 2 is 2.21 bits per heavy atom. The van der Waals surface area contributed by atoms with Gasteiger partial charge in [0.25, 0.3) is 10.0 Å². The highest BCUT2D eigenvalue weighted by atomic mass is 35.5. The van der Waals surface area contributed by atoms with Crippen molar-refractivity contribution in [1.82, 2.24) is 4.31 Å². The smallest absolute Gasteiger partial charge is 0.276 e. The van der Waals surface area contributed by atoms with Crippen LogP contribution >= 0.6 is 11.6 Å². The van der Waals surface area contributed by atoms with E-state index in [-0.39, 0.29) is 11.0 Å². The lowest BCUT2D eigenvalue weighted by Gasteiger charge is -2.15. The first-order valence-electron chi connectivity index (χ1n) is 6.23. The molecule has 1 heterocycles. The molecular formula is C12H18ClNO4S. The second-order valence-electron chi connectivity index (χ2n) is 4.70. The minimum absolute atomic E-state index is 0.0761. The summed E-state index contributed by atoms with van der Waals surface area (Å²) in [7, 11) is -2.07. The molecule has 2 rings (SSSR count). The van der Waals surface area contributed by atoms with Crippen LogP contribution in [0.15, 0.2) is 21.6 Å². The summed E-state index contributed by atoms with van der Waals surface area (Å²) in [6.07, 6.45) is 2.45. The fourth-order valence-corrected chi connectivity index (χ4v) is 2.79. The third-order valence-electron chi connectivity index (χ3n) is 3.03. The molecule has 1 aliphatic carbocycles. The van der Waals surface area contributed by atoms with Crippen molar-refractivity contribution in [1.29, 1.82) is 0 Å². The van der Waals surface area contributed by atoms with E-state index in [1.807, 2.05) is 0 Å². The number of halogens is 1. The second-order valence-corrected chi connectivity index (χ2v) is 6.94. The summed E-state index contributed by atoms with van der Waals surface area (Å²) in [5.41, 5.74) is 0. The zero-order valence-corrected chi connectivity index (χ0v) is 12.4. The van der Waals surface area contributed by atoms with Crippen molar-refractivity contribution < 1.29 is 17.6 Å². The van der Waals surface area contributed by atoms with E-state index < -0.39 is 10.0 Å². The van der Waals surface area contributed by atoms with Gasteiger partial charge in [0, 0.05) is 20.2 Å². The van der Waals surface area contributed by atoms with Crippen LogP contribution < -0.4 is 0 Å². The maximum Gasteiger partial charge on any atom is 0.276 e. The van der Waals surface area contributed by atoms with Gasteiger partial charge in [-0.1, -0.05) is 0 Å². The van der Waals surface area contributed by atoms with E-state index in [9.17, 15) is 8.42 Å². The molecule has 19 heavy (non-hydrogen) atoms. The number of sulfonamides is 1. The third-order valence-corrected chi connectivity index (χ3v) is 5.03. The van der Waals surface area contributed by atoms with Gasteiger partial charge >= 0.3 is 0 Å². The Morgan fingerprint density at radius 3 is 2.79 bits per heavy atom. The van der Waals surface area contributed by atoms with Gasteiger partial charge in [0.2, 0.25) is 5.09 Å². The van der Waals surface area contributed by atoms with Gasteiger partial charge in [-0.05, 0) is 30.9 Å². The number of hydrogen-bond acceptors (Lipinski definition) is 4. The standard InChI is InChI=1S/C12H18ClNO4S/c1-14(6-7-17-9-10-2-3-10)19(15,16)12-5-4-11(8-13)18-12/h4-5,10H,2-3,6-9H2,1H3. The van der Waals surface area contributed by atoms with Gasteiger partial charge in [-0.2, -0.15) is 4.31 Å². The Labute approximate surface area is 118 Å². The number of alkyl halides is 1. The van der Waals surface area contributed by atoms with Crippen molar-refractivity contribution in [3.8, 4) is 0 Å². The highest BCUT2D eigenvalue weighted by Crippen LogP contribution is 2.28. The SMILES string of the molecule is CN(CCOCC1CC1)S(=O)(=O)c1ccc(CCl)o1. The number of likely N-dealkylation sites (N-methyl/N-ethyl adjacent to an activating group) is 1. The van der Waals surface area contributed by atoms with E-state index in [0.717, 1.165) is 6.61 Å². The summed E-state index contributed by atoms with van der Waals surface area (Å²) >= 11 is 5.59. The molecule has 7 heteroatoms. The number of furan rings is 1. The maximum atomic E-state index is 12.1. The first-order chi connectivity index (χ1) is 9.04. The van der Waals surface area contributed by atoms with Crippen LogP contribution in [0, 0.1) is 5.92 Å². The minimum Gasteiger partial charge on any atom is -0.447 e. The number of nitrogens with zero attached hydrogens (tertiary/aromatic N) is 1. The predicted molar refractivity (Wildman–Crippen MR) is 71.6 cm³/mol. The molecule has 1 aliphatic rings. The van der Waals surface area contributed by atoms with Crippen LogP contribution in [-0.4, -0.2) is 39.5 Å². The first kappa shape index (κ1) is 14.8. The average Bonchev–Trinajstić information content (AvgIpc) is 3.07. The largest absolute Gasteiger partial charge is 0.447 e. The highest BCUT2D eigenvalue weighted by molar-refractivity contribution is 7.89. The molecule has 0 aliphatic heterocycles. The molecular weight excluding hydrogens is 290 g/mol. The zero-order valence-electron chi connectivity index (χ0n) is 10.8. The van der Waals surface area contributed by atoms with Crippen molar-refractivity contribution in [3.63, 3.8) is 0 Å². The second kappa shape index (κ2) is 6.26. The van der Waals surface area contributed by atoms with Gasteiger partial charge in [-0.25, -0.2) is 8.42 Å². The normalized spacial score (nSPS) is 16.2. The van der Waals surface area contributed by atoms with Gasteiger partial charge in [-0.15, -0.1) is 11.6 Å². The summed E-state index contributed by atoms with van der Waals surface area (Å²) in [5, 5.41) is -0.0761. The molecule has 108 valence electrons. The van der Waals surface area contributed by atoms with Crippen LogP contribution in [0.1, 0.15) is 18.6 Å². The fraction of sp³-hybridized carbons (Fsp3) is 0.667. The monoisotopic (exact) mass is 307 g/mol. The molecule has 0 aromatic carbocycles. The molecule has 0 N–H and O–H groups in total. The summed E-state index contributed by atoms with van der Waals surface area (Å²) in [4.78, 5) is 0. The van der Waals surface area contributed by atoms with Crippen LogP contribution in [0.25, 0.3) is 0 Å². The van der Waals surface area contributed by atoms with Crippen LogP contribution in [-0.2, 0) is 20.6 Å². The molecule has 0 radical (unpaired) electrons. The summed E-state index contributed by atoms with van der Waals surface area (Å²) in [5.74, 6) is 1.28. The lowest BCUT2D eigenvalue weighted by atomic mass is 10.5. The molecule has 1 fully saturated rings. The highest BCUT2D eigenvalue weighted by Gasteiger charge is 2.25. The number of rotatable bonds is 8. The first-order valence-corrected chi connectivity index (χ1v) is 8.20. The molecule has 1 aromatic rings. The van der Waals surface area contributed by atoms with E-state index in [1.165, 1.54) is 30.3 Å². The third kappa shape index (κ3) is 3.95. The quantitative estimate of drug-likeness (QED) is 0.545. The van der Waals surface area contributed by atoms with Gasteiger partial charge in [0.15, 0.2) is 0 Å². The van der Waals surface area contributed by atoms with E-state index in [4.69, 9.17) is 20.8 Å². The van der Waals surface area contributed by atoms with Crippen molar-refractivity contribution >= 4 is 21.6 Å².